The van der Waals surface area contributed by atoms with Crippen LogP contribution in [0.1, 0.15) is 47.2 Å². The van der Waals surface area contributed by atoms with Crippen molar-refractivity contribution in [3.63, 3.8) is 0 Å². The van der Waals surface area contributed by atoms with Crippen molar-refractivity contribution < 1.29 is 18.7 Å². The van der Waals surface area contributed by atoms with E-state index in [1.165, 1.54) is 21.7 Å². The maximum atomic E-state index is 13.7. The predicted molar refractivity (Wildman–Crippen MR) is 159 cm³/mol. The number of fused-ring (bicyclic) bond motifs is 3. The summed E-state index contributed by atoms with van der Waals surface area (Å²) in [4.78, 5) is 36.7. The van der Waals surface area contributed by atoms with Gasteiger partial charge >= 0.3 is 6.09 Å². The largest absolute Gasteiger partial charge is 0.443 e. The summed E-state index contributed by atoms with van der Waals surface area (Å²) in [6.07, 6.45) is 1.14. The number of aromatic nitrogens is 5. The molecule has 0 unspecified atom stereocenters. The van der Waals surface area contributed by atoms with Gasteiger partial charge in [-0.3, -0.25) is 9.69 Å². The summed E-state index contributed by atoms with van der Waals surface area (Å²) in [5.41, 5.74) is 0.172. The molecule has 42 heavy (non-hydrogen) atoms. The third-order valence-corrected chi connectivity index (χ3v) is 6.47. The normalized spacial score (nSPS) is 12.1. The van der Waals surface area contributed by atoms with Crippen LogP contribution in [0.2, 0.25) is 0 Å². The Balaban J connectivity index is 1.49. The number of aryl methyl sites for hydroxylation is 1. The third kappa shape index (κ3) is 5.81. The Morgan fingerprint density at radius 3 is 2.40 bits per heavy atom. The molecule has 0 fully saturated rings. The molecule has 218 valence electrons. The molecule has 5 aromatic rings. The van der Waals surface area contributed by atoms with E-state index >= 15 is 0 Å². The molecule has 4 heterocycles. The number of carbonyl (C=O) groups is 1. The summed E-state index contributed by atoms with van der Waals surface area (Å²) in [7, 11) is 1.79. The summed E-state index contributed by atoms with van der Waals surface area (Å²) in [6.45, 7) is 11.2. The van der Waals surface area contributed by atoms with Crippen LogP contribution in [0, 0.1) is 5.95 Å². The number of hydrogen-bond acceptors (Lipinski definition) is 7. The summed E-state index contributed by atoms with van der Waals surface area (Å²) < 4.78 is 28.0. The topological polar surface area (TPSA) is 104 Å². The molecule has 10 nitrogen and oxygen atoms in total. The Labute approximate surface area is 242 Å². The highest BCUT2D eigenvalue weighted by Gasteiger charge is 2.33. The van der Waals surface area contributed by atoms with Crippen molar-refractivity contribution in [1.29, 1.82) is 0 Å². The maximum absolute atomic E-state index is 13.7. The van der Waals surface area contributed by atoms with Crippen LogP contribution in [0.5, 0.6) is 11.6 Å². The Hall–Kier alpha value is -4.80. The molecule has 0 atom stereocenters. The smallest absolute Gasteiger partial charge is 0.416 e. The van der Waals surface area contributed by atoms with E-state index in [1.807, 2.05) is 47.6 Å². The zero-order valence-electron chi connectivity index (χ0n) is 24.7. The van der Waals surface area contributed by atoms with E-state index in [4.69, 9.17) is 14.5 Å². The summed E-state index contributed by atoms with van der Waals surface area (Å²) in [6, 6.07) is 15.0. The minimum Gasteiger partial charge on any atom is -0.443 e. The minimum atomic E-state index is -0.674. The van der Waals surface area contributed by atoms with E-state index in [0.29, 0.717) is 28.2 Å². The Bertz CT molecular complexity index is 1870. The second-order valence-corrected chi connectivity index (χ2v) is 12.0. The van der Waals surface area contributed by atoms with Crippen molar-refractivity contribution in [2.75, 3.05) is 4.90 Å². The van der Waals surface area contributed by atoms with Crippen molar-refractivity contribution in [2.24, 2.45) is 7.05 Å². The Morgan fingerprint density at radius 2 is 1.71 bits per heavy atom. The van der Waals surface area contributed by atoms with Gasteiger partial charge in [0.2, 0.25) is 11.8 Å². The van der Waals surface area contributed by atoms with Crippen molar-refractivity contribution in [2.45, 2.75) is 59.2 Å². The van der Waals surface area contributed by atoms with Gasteiger partial charge in [0.1, 0.15) is 22.7 Å². The van der Waals surface area contributed by atoms with Gasteiger partial charge in [-0.15, -0.1) is 0 Å². The molecule has 0 spiro atoms. The standard InChI is InChI=1S/C31H33FN6O4/c1-30(2,3)38(29(40)42-31(4,5)6)25-12-8-10-19(34-25)18-37-28(39)27-22(17-33-37)21-15-14-20(16-23(21)36(27)7)41-26-13-9-11-24(32)35-26/h8-17H,18H2,1-7H3. The number of anilines is 1. The molecule has 4 aromatic heterocycles. The number of halogens is 1. The molecular weight excluding hydrogens is 539 g/mol. The van der Waals surface area contributed by atoms with Crippen molar-refractivity contribution >= 4 is 33.7 Å². The summed E-state index contributed by atoms with van der Waals surface area (Å²) in [5.74, 6) is 0.354. The average molecular weight is 573 g/mol. The second kappa shape index (κ2) is 10.6. The van der Waals surface area contributed by atoms with Crippen molar-refractivity contribution in [1.82, 2.24) is 24.3 Å². The number of ether oxygens (including phenoxy) is 2. The van der Waals surface area contributed by atoms with E-state index in [1.54, 1.807) is 54.2 Å². The lowest BCUT2D eigenvalue weighted by molar-refractivity contribution is 0.0549. The van der Waals surface area contributed by atoms with Crippen molar-refractivity contribution in [3.05, 3.63) is 82.8 Å². The van der Waals surface area contributed by atoms with E-state index in [-0.39, 0.29) is 18.0 Å². The second-order valence-electron chi connectivity index (χ2n) is 12.0. The quantitative estimate of drug-likeness (QED) is 0.231. The number of nitrogens with zero attached hydrogens (tertiary/aromatic N) is 6. The lowest BCUT2D eigenvalue weighted by Crippen LogP contribution is -2.48. The van der Waals surface area contributed by atoms with Gasteiger partial charge in [-0.25, -0.2) is 14.5 Å². The minimum absolute atomic E-state index is 0.0933. The zero-order chi connectivity index (χ0) is 30.4. The lowest BCUT2D eigenvalue weighted by atomic mass is 10.1. The molecule has 0 N–H and O–H groups in total. The number of amides is 1. The maximum Gasteiger partial charge on any atom is 0.416 e. The third-order valence-electron chi connectivity index (χ3n) is 6.47. The Morgan fingerprint density at radius 1 is 0.976 bits per heavy atom. The van der Waals surface area contributed by atoms with Crippen molar-refractivity contribution in [3.8, 4) is 11.6 Å². The number of pyridine rings is 2. The molecule has 0 saturated carbocycles. The number of carbonyl (C=O) groups excluding carboxylic acids is 1. The molecule has 0 aliphatic rings. The summed E-state index contributed by atoms with van der Waals surface area (Å²) in [5, 5.41) is 5.95. The lowest BCUT2D eigenvalue weighted by Gasteiger charge is -2.36. The molecule has 0 radical (unpaired) electrons. The Kier molecular flexibility index (Phi) is 7.21. The van der Waals surface area contributed by atoms with Gasteiger partial charge in [0.25, 0.3) is 5.56 Å². The molecule has 1 amide bonds. The van der Waals surface area contributed by atoms with Gasteiger partial charge in [0.05, 0.1) is 24.0 Å². The molecule has 0 aliphatic carbocycles. The van der Waals surface area contributed by atoms with E-state index in [0.717, 1.165) is 10.9 Å². The van der Waals surface area contributed by atoms with Gasteiger partial charge in [-0.05, 0) is 71.9 Å². The van der Waals surface area contributed by atoms with Crippen LogP contribution in [-0.2, 0) is 18.3 Å². The van der Waals surface area contributed by atoms with Crippen LogP contribution < -0.4 is 15.2 Å². The first-order chi connectivity index (χ1) is 19.7. The van der Waals surface area contributed by atoms with Crippen LogP contribution in [0.15, 0.2) is 65.6 Å². The fourth-order valence-corrected chi connectivity index (χ4v) is 4.73. The van der Waals surface area contributed by atoms with E-state index in [9.17, 15) is 14.0 Å². The fourth-order valence-electron chi connectivity index (χ4n) is 4.73. The van der Waals surface area contributed by atoms with Crippen LogP contribution in [0.25, 0.3) is 21.8 Å². The van der Waals surface area contributed by atoms with Crippen LogP contribution in [-0.4, -0.2) is 41.5 Å². The average Bonchev–Trinajstić information content (AvgIpc) is 3.16. The van der Waals surface area contributed by atoms with E-state index in [2.05, 4.69) is 10.1 Å². The van der Waals surface area contributed by atoms with Crippen LogP contribution in [0.4, 0.5) is 15.0 Å². The molecule has 0 aliphatic heterocycles. The molecule has 0 saturated heterocycles. The first-order valence-electron chi connectivity index (χ1n) is 13.5. The van der Waals surface area contributed by atoms with E-state index < -0.39 is 23.2 Å². The fraction of sp³-hybridized carbons (Fsp3) is 0.323. The SMILES string of the molecule is Cn1c2cc(Oc3cccc(F)n3)ccc2c2cnn(Cc3cccc(N(C(=O)OC(C)(C)C)C(C)(C)C)n3)c(=O)c21. The highest BCUT2D eigenvalue weighted by Crippen LogP contribution is 2.31. The number of hydrogen-bond donors (Lipinski definition) is 0. The zero-order valence-corrected chi connectivity index (χ0v) is 24.7. The predicted octanol–water partition coefficient (Wildman–Crippen LogP) is 6.20. The first kappa shape index (κ1) is 28.7. The highest BCUT2D eigenvalue weighted by molar-refractivity contribution is 6.07. The molecule has 5 rings (SSSR count). The van der Waals surface area contributed by atoms with Gasteiger partial charge in [-0.1, -0.05) is 12.1 Å². The molecule has 1 aromatic carbocycles. The number of benzene rings is 1. The van der Waals surface area contributed by atoms with Crippen LogP contribution in [0.3, 0.4) is 0 Å². The molecular formula is C31H33FN6O4. The van der Waals surface area contributed by atoms with Gasteiger partial charge in [0, 0.05) is 35.5 Å². The molecule has 0 bridgehead atoms. The van der Waals surface area contributed by atoms with Gasteiger partial charge < -0.3 is 14.0 Å². The monoisotopic (exact) mass is 572 g/mol. The summed E-state index contributed by atoms with van der Waals surface area (Å²) >= 11 is 0. The highest BCUT2D eigenvalue weighted by atomic mass is 19.1. The van der Waals surface area contributed by atoms with Gasteiger partial charge in [-0.2, -0.15) is 14.5 Å². The van der Waals surface area contributed by atoms with Gasteiger partial charge in [0.15, 0.2) is 0 Å². The molecule has 11 heteroatoms. The number of rotatable bonds is 5. The van der Waals surface area contributed by atoms with Crippen LogP contribution >= 0.6 is 0 Å². The first-order valence-corrected chi connectivity index (χ1v) is 13.5.